The molecule has 0 saturated heterocycles. The Labute approximate surface area is 213 Å². The summed E-state index contributed by atoms with van der Waals surface area (Å²) in [5.74, 6) is 0.551. The first-order valence-corrected chi connectivity index (χ1v) is 11.6. The minimum atomic E-state index is -1.08. The number of aliphatic hydroxyl groups excluding tert-OH is 1. The Morgan fingerprint density at radius 1 is 0.694 bits per heavy atom. The highest BCUT2D eigenvalue weighted by atomic mass is 16.6. The van der Waals surface area contributed by atoms with Gasteiger partial charge < -0.3 is 14.6 Å². The van der Waals surface area contributed by atoms with Crippen LogP contribution in [0.1, 0.15) is 38.8 Å². The van der Waals surface area contributed by atoms with Crippen LogP contribution in [0.3, 0.4) is 0 Å². The van der Waals surface area contributed by atoms with Crippen LogP contribution < -0.4 is 9.47 Å². The van der Waals surface area contributed by atoms with Gasteiger partial charge in [-0.1, -0.05) is 62.7 Å². The predicted octanol–water partition coefficient (Wildman–Crippen LogP) is 7.84. The lowest BCUT2D eigenvalue weighted by Gasteiger charge is -2.17. The van der Waals surface area contributed by atoms with Crippen molar-refractivity contribution >= 4 is 17.1 Å². The molecule has 0 aliphatic heterocycles. The fourth-order valence-corrected chi connectivity index (χ4v) is 3.54. The molecule has 0 aromatic heterocycles. The SMILES string of the molecule is C=C(C)C(=O)Oc1ccc(-c2ccc(-c3ccc(OC(O)C(=C)C)c(C(=C)C)c3)cc2)cc1C(=C)C. The van der Waals surface area contributed by atoms with E-state index in [0.717, 1.165) is 44.5 Å². The topological polar surface area (TPSA) is 55.8 Å². The number of esters is 1. The van der Waals surface area contributed by atoms with Gasteiger partial charge in [0.05, 0.1) is 0 Å². The average molecular weight is 481 g/mol. The molecule has 4 nitrogen and oxygen atoms in total. The summed E-state index contributed by atoms with van der Waals surface area (Å²) >= 11 is 0. The molecule has 3 aromatic rings. The van der Waals surface area contributed by atoms with Gasteiger partial charge in [-0.25, -0.2) is 4.79 Å². The average Bonchev–Trinajstić information content (AvgIpc) is 2.84. The van der Waals surface area contributed by atoms with Crippen molar-refractivity contribution in [2.75, 3.05) is 0 Å². The first-order chi connectivity index (χ1) is 17.0. The molecular weight excluding hydrogens is 448 g/mol. The largest absolute Gasteiger partial charge is 0.461 e. The van der Waals surface area contributed by atoms with Crippen LogP contribution in [0, 0.1) is 0 Å². The number of ether oxygens (including phenoxy) is 2. The molecule has 0 amide bonds. The van der Waals surface area contributed by atoms with Crippen LogP contribution >= 0.6 is 0 Å². The Hall–Kier alpha value is -4.15. The highest BCUT2D eigenvalue weighted by molar-refractivity contribution is 5.90. The second kappa shape index (κ2) is 11.1. The summed E-state index contributed by atoms with van der Waals surface area (Å²) in [4.78, 5) is 12.0. The summed E-state index contributed by atoms with van der Waals surface area (Å²) in [5, 5.41) is 10.1. The predicted molar refractivity (Wildman–Crippen MR) is 149 cm³/mol. The number of hydrogen-bond donors (Lipinski definition) is 1. The third-order valence-electron chi connectivity index (χ3n) is 5.64. The summed E-state index contributed by atoms with van der Waals surface area (Å²) in [5.41, 5.74) is 8.11. The lowest BCUT2D eigenvalue weighted by atomic mass is 9.96. The van der Waals surface area contributed by atoms with Crippen molar-refractivity contribution in [3.8, 4) is 33.8 Å². The van der Waals surface area contributed by atoms with Crippen molar-refractivity contribution in [2.24, 2.45) is 0 Å². The van der Waals surface area contributed by atoms with Gasteiger partial charge in [0.2, 0.25) is 6.29 Å². The quantitative estimate of drug-likeness (QED) is 0.111. The smallest absolute Gasteiger partial charge is 0.338 e. The highest BCUT2D eigenvalue weighted by Crippen LogP contribution is 2.34. The standard InChI is InChI=1S/C32H32O4/c1-19(2)27-17-25(13-15-29(27)35-31(33)21(5)6)23-9-11-24(12-10-23)26-14-16-30(28(18-26)20(3)4)36-32(34)22(7)8/h9-18,31,33H,1,3,5,7H2,2,4,6,8H3. The van der Waals surface area contributed by atoms with Gasteiger partial charge in [0.25, 0.3) is 0 Å². The third-order valence-corrected chi connectivity index (χ3v) is 5.64. The third kappa shape index (κ3) is 6.09. The van der Waals surface area contributed by atoms with Crippen molar-refractivity contribution < 1.29 is 19.4 Å². The van der Waals surface area contributed by atoms with Gasteiger partial charge in [-0.2, -0.15) is 0 Å². The molecule has 0 saturated carbocycles. The van der Waals surface area contributed by atoms with E-state index in [0.29, 0.717) is 22.6 Å². The van der Waals surface area contributed by atoms with Gasteiger partial charge in [-0.15, -0.1) is 0 Å². The number of rotatable bonds is 9. The van der Waals surface area contributed by atoms with Gasteiger partial charge >= 0.3 is 5.97 Å². The van der Waals surface area contributed by atoms with Gasteiger partial charge in [0.1, 0.15) is 11.5 Å². The Bertz CT molecular complexity index is 1360. The lowest BCUT2D eigenvalue weighted by Crippen LogP contribution is -2.16. The summed E-state index contributed by atoms with van der Waals surface area (Å²) in [7, 11) is 0. The summed E-state index contributed by atoms with van der Waals surface area (Å²) in [6.45, 7) is 22.6. The van der Waals surface area contributed by atoms with Gasteiger partial charge in [-0.05, 0) is 90.9 Å². The molecule has 36 heavy (non-hydrogen) atoms. The van der Waals surface area contributed by atoms with E-state index in [9.17, 15) is 9.90 Å². The van der Waals surface area contributed by atoms with Crippen LogP contribution in [0.4, 0.5) is 0 Å². The fourth-order valence-electron chi connectivity index (χ4n) is 3.54. The Morgan fingerprint density at radius 2 is 1.11 bits per heavy atom. The number of hydrogen-bond acceptors (Lipinski definition) is 4. The zero-order valence-corrected chi connectivity index (χ0v) is 21.4. The molecule has 4 heteroatoms. The van der Waals surface area contributed by atoms with Crippen molar-refractivity contribution in [1.82, 2.24) is 0 Å². The van der Waals surface area contributed by atoms with E-state index in [2.05, 4.69) is 26.3 Å². The maximum atomic E-state index is 12.0. The van der Waals surface area contributed by atoms with Crippen LogP contribution in [0.2, 0.25) is 0 Å². The van der Waals surface area contributed by atoms with Crippen molar-refractivity contribution in [1.29, 1.82) is 0 Å². The Morgan fingerprint density at radius 3 is 1.53 bits per heavy atom. The zero-order valence-electron chi connectivity index (χ0n) is 21.4. The molecule has 1 N–H and O–H groups in total. The van der Waals surface area contributed by atoms with Crippen LogP contribution in [0.5, 0.6) is 11.5 Å². The molecule has 184 valence electrons. The number of allylic oxidation sites excluding steroid dienone is 2. The molecule has 1 atom stereocenters. The lowest BCUT2D eigenvalue weighted by molar-refractivity contribution is -0.130. The molecule has 0 heterocycles. The molecule has 0 spiro atoms. The fraction of sp³-hybridized carbons (Fsp3) is 0.156. The van der Waals surface area contributed by atoms with Crippen LogP contribution in [-0.4, -0.2) is 17.4 Å². The number of aliphatic hydroxyl groups is 1. The van der Waals surface area contributed by atoms with E-state index < -0.39 is 12.3 Å². The first-order valence-electron chi connectivity index (χ1n) is 11.6. The van der Waals surface area contributed by atoms with Crippen LogP contribution in [0.25, 0.3) is 33.4 Å². The monoisotopic (exact) mass is 480 g/mol. The van der Waals surface area contributed by atoms with E-state index >= 15 is 0 Å². The number of benzene rings is 3. The van der Waals surface area contributed by atoms with E-state index in [1.54, 1.807) is 19.9 Å². The highest BCUT2D eigenvalue weighted by Gasteiger charge is 2.14. The molecule has 0 radical (unpaired) electrons. The summed E-state index contributed by atoms with van der Waals surface area (Å²) in [6, 6.07) is 19.6. The van der Waals surface area contributed by atoms with E-state index in [4.69, 9.17) is 9.47 Å². The molecular formula is C32H32O4. The van der Waals surface area contributed by atoms with Crippen LogP contribution in [0.15, 0.2) is 98.1 Å². The van der Waals surface area contributed by atoms with E-state index in [-0.39, 0.29) is 0 Å². The second-order valence-electron chi connectivity index (χ2n) is 9.05. The molecule has 1 unspecified atom stereocenters. The summed E-state index contributed by atoms with van der Waals surface area (Å²) in [6.07, 6.45) is -1.08. The maximum absolute atomic E-state index is 12.0. The van der Waals surface area contributed by atoms with Crippen molar-refractivity contribution in [3.63, 3.8) is 0 Å². The number of carbonyl (C=O) groups is 1. The number of carbonyl (C=O) groups excluding carboxylic acids is 1. The Balaban J connectivity index is 1.91. The molecule has 3 aromatic carbocycles. The summed E-state index contributed by atoms with van der Waals surface area (Å²) < 4.78 is 11.1. The normalized spacial score (nSPS) is 11.4. The van der Waals surface area contributed by atoms with E-state index in [1.807, 2.05) is 68.4 Å². The molecule has 0 aliphatic rings. The van der Waals surface area contributed by atoms with Crippen molar-refractivity contribution in [2.45, 2.75) is 34.0 Å². The second-order valence-corrected chi connectivity index (χ2v) is 9.05. The van der Waals surface area contributed by atoms with E-state index in [1.165, 1.54) is 0 Å². The minimum Gasteiger partial charge on any atom is -0.461 e. The Kier molecular flexibility index (Phi) is 8.13. The molecule has 0 fully saturated rings. The molecule has 0 bridgehead atoms. The van der Waals surface area contributed by atoms with Gasteiger partial charge in [0.15, 0.2) is 0 Å². The first kappa shape index (κ1) is 26.5. The van der Waals surface area contributed by atoms with Gasteiger partial charge in [-0.3, -0.25) is 0 Å². The molecule has 3 rings (SSSR count). The van der Waals surface area contributed by atoms with Crippen molar-refractivity contribution in [3.05, 3.63) is 109 Å². The van der Waals surface area contributed by atoms with Gasteiger partial charge in [0, 0.05) is 16.7 Å². The van der Waals surface area contributed by atoms with Crippen LogP contribution in [-0.2, 0) is 4.79 Å². The maximum Gasteiger partial charge on any atom is 0.338 e. The zero-order chi connectivity index (χ0) is 26.6. The minimum absolute atomic E-state index is 0.337. The molecule has 0 aliphatic carbocycles.